The predicted octanol–water partition coefficient (Wildman–Crippen LogP) is -0.111. The van der Waals surface area contributed by atoms with Crippen LogP contribution in [0.5, 0.6) is 11.6 Å². The van der Waals surface area contributed by atoms with E-state index in [1.807, 2.05) is 11.9 Å². The third-order valence-electron chi connectivity index (χ3n) is 1.98. The second kappa shape index (κ2) is 5.35. The van der Waals surface area contributed by atoms with E-state index in [2.05, 4.69) is 9.97 Å². The Hall–Kier alpha value is -1.56. The largest absolute Gasteiger partial charge is 0.489 e. The molecule has 84 valence electrons. The fourth-order valence-corrected chi connectivity index (χ4v) is 1.24. The molecule has 0 atom stereocenters. The summed E-state index contributed by atoms with van der Waals surface area (Å²) in [6.07, 6.45) is 1.43. The van der Waals surface area contributed by atoms with E-state index in [1.165, 1.54) is 13.4 Å². The van der Waals surface area contributed by atoms with E-state index in [0.29, 0.717) is 30.5 Å². The van der Waals surface area contributed by atoms with Crippen LogP contribution in [0.3, 0.4) is 0 Å². The predicted molar refractivity (Wildman–Crippen MR) is 57.5 cm³/mol. The minimum Gasteiger partial charge on any atom is -0.489 e. The van der Waals surface area contributed by atoms with E-state index in [0.717, 1.165) is 0 Å². The molecule has 0 saturated carbocycles. The molecule has 0 saturated heterocycles. The Kier molecular flexibility index (Phi) is 4.11. The van der Waals surface area contributed by atoms with Crippen LogP contribution in [0.4, 0.5) is 5.82 Å². The first-order chi connectivity index (χ1) is 7.24. The lowest BCUT2D eigenvalue weighted by Gasteiger charge is -2.19. The standard InChI is InChI=1S/C9H16N4O2/c1-13(5-4-10)8-7(14-2)9(15-3)12-6-11-8/h6H,4-5,10H2,1-3H3. The van der Waals surface area contributed by atoms with Gasteiger partial charge in [-0.05, 0) is 0 Å². The zero-order valence-electron chi connectivity index (χ0n) is 9.23. The van der Waals surface area contributed by atoms with Crippen LogP contribution in [-0.2, 0) is 0 Å². The van der Waals surface area contributed by atoms with Gasteiger partial charge in [0.25, 0.3) is 5.88 Å². The normalized spacial score (nSPS) is 9.87. The second-order valence-corrected chi connectivity index (χ2v) is 2.95. The summed E-state index contributed by atoms with van der Waals surface area (Å²) in [6.45, 7) is 1.24. The Morgan fingerprint density at radius 2 is 2.07 bits per heavy atom. The number of nitrogens with zero attached hydrogens (tertiary/aromatic N) is 3. The molecule has 0 unspecified atom stereocenters. The van der Waals surface area contributed by atoms with Gasteiger partial charge in [0.15, 0.2) is 5.82 Å². The van der Waals surface area contributed by atoms with Crippen LogP contribution in [0.25, 0.3) is 0 Å². The zero-order valence-corrected chi connectivity index (χ0v) is 9.23. The van der Waals surface area contributed by atoms with Gasteiger partial charge >= 0.3 is 0 Å². The monoisotopic (exact) mass is 212 g/mol. The van der Waals surface area contributed by atoms with Gasteiger partial charge in [0.1, 0.15) is 6.33 Å². The number of anilines is 1. The first-order valence-corrected chi connectivity index (χ1v) is 4.58. The summed E-state index contributed by atoms with van der Waals surface area (Å²) in [5.41, 5.74) is 5.47. The van der Waals surface area contributed by atoms with Crippen molar-refractivity contribution in [3.63, 3.8) is 0 Å². The molecule has 0 amide bonds. The number of ether oxygens (including phenoxy) is 2. The first-order valence-electron chi connectivity index (χ1n) is 4.58. The van der Waals surface area contributed by atoms with E-state index in [9.17, 15) is 0 Å². The Balaban J connectivity index is 3.05. The summed E-state index contributed by atoms with van der Waals surface area (Å²) in [5, 5.41) is 0. The fourth-order valence-electron chi connectivity index (χ4n) is 1.24. The molecular formula is C9H16N4O2. The van der Waals surface area contributed by atoms with Crippen molar-refractivity contribution in [2.45, 2.75) is 0 Å². The van der Waals surface area contributed by atoms with Crippen molar-refractivity contribution >= 4 is 5.82 Å². The minimum absolute atomic E-state index is 0.423. The van der Waals surface area contributed by atoms with Gasteiger partial charge in [0.2, 0.25) is 5.75 Å². The number of methoxy groups -OCH3 is 2. The molecule has 0 aromatic carbocycles. The SMILES string of the molecule is COc1ncnc(N(C)CCN)c1OC. The van der Waals surface area contributed by atoms with Gasteiger partial charge in [-0.3, -0.25) is 0 Å². The molecule has 2 N–H and O–H groups in total. The van der Waals surface area contributed by atoms with Crippen molar-refractivity contribution in [2.75, 3.05) is 39.3 Å². The van der Waals surface area contributed by atoms with Gasteiger partial charge in [-0.1, -0.05) is 0 Å². The van der Waals surface area contributed by atoms with E-state index in [-0.39, 0.29) is 0 Å². The van der Waals surface area contributed by atoms with Crippen molar-refractivity contribution in [3.8, 4) is 11.6 Å². The lowest BCUT2D eigenvalue weighted by Crippen LogP contribution is -2.26. The van der Waals surface area contributed by atoms with Gasteiger partial charge in [-0.15, -0.1) is 0 Å². The van der Waals surface area contributed by atoms with Crippen molar-refractivity contribution in [1.29, 1.82) is 0 Å². The summed E-state index contributed by atoms with van der Waals surface area (Å²) < 4.78 is 10.3. The number of nitrogens with two attached hydrogens (primary N) is 1. The lowest BCUT2D eigenvalue weighted by atomic mass is 10.4. The molecule has 6 nitrogen and oxygen atoms in total. The van der Waals surface area contributed by atoms with E-state index < -0.39 is 0 Å². The maximum absolute atomic E-state index is 5.47. The van der Waals surface area contributed by atoms with Gasteiger partial charge in [-0.25, -0.2) is 4.98 Å². The molecule has 1 rings (SSSR count). The Bertz CT molecular complexity index is 319. The van der Waals surface area contributed by atoms with Crippen LogP contribution in [0.15, 0.2) is 6.33 Å². The molecule has 0 spiro atoms. The van der Waals surface area contributed by atoms with E-state index in [1.54, 1.807) is 7.11 Å². The first kappa shape index (κ1) is 11.5. The lowest BCUT2D eigenvalue weighted by molar-refractivity contribution is 0.341. The highest BCUT2D eigenvalue weighted by atomic mass is 16.5. The molecule has 6 heteroatoms. The molecular weight excluding hydrogens is 196 g/mol. The van der Waals surface area contributed by atoms with Gasteiger partial charge in [0, 0.05) is 20.1 Å². The van der Waals surface area contributed by atoms with Gasteiger partial charge in [0.05, 0.1) is 14.2 Å². The molecule has 15 heavy (non-hydrogen) atoms. The number of likely N-dealkylation sites (N-methyl/N-ethyl adjacent to an activating group) is 1. The maximum atomic E-state index is 5.47. The highest BCUT2D eigenvalue weighted by Gasteiger charge is 2.15. The molecule has 1 heterocycles. The molecule has 0 aliphatic carbocycles. The molecule has 0 aliphatic heterocycles. The minimum atomic E-state index is 0.423. The van der Waals surface area contributed by atoms with Crippen LogP contribution >= 0.6 is 0 Å². The number of aromatic nitrogens is 2. The number of hydrogen-bond acceptors (Lipinski definition) is 6. The third kappa shape index (κ3) is 2.47. The average Bonchev–Trinajstić information content (AvgIpc) is 2.28. The van der Waals surface area contributed by atoms with Crippen LogP contribution in [-0.4, -0.2) is 44.3 Å². The quantitative estimate of drug-likeness (QED) is 0.734. The fraction of sp³-hybridized carbons (Fsp3) is 0.556. The number of rotatable bonds is 5. The topological polar surface area (TPSA) is 73.5 Å². The molecule has 1 aromatic heterocycles. The summed E-state index contributed by atoms with van der Waals surface area (Å²) in [7, 11) is 4.98. The Morgan fingerprint density at radius 3 is 2.60 bits per heavy atom. The van der Waals surface area contributed by atoms with Crippen LogP contribution in [0.2, 0.25) is 0 Å². The second-order valence-electron chi connectivity index (χ2n) is 2.95. The van der Waals surface area contributed by atoms with E-state index >= 15 is 0 Å². The molecule has 0 aliphatic rings. The molecule has 1 aromatic rings. The molecule has 0 bridgehead atoms. The average molecular weight is 212 g/mol. The van der Waals surface area contributed by atoms with Crippen molar-refractivity contribution in [3.05, 3.63) is 6.33 Å². The van der Waals surface area contributed by atoms with Crippen molar-refractivity contribution in [1.82, 2.24) is 9.97 Å². The van der Waals surface area contributed by atoms with Crippen LogP contribution in [0, 0.1) is 0 Å². The summed E-state index contributed by atoms with van der Waals surface area (Å²) in [4.78, 5) is 9.98. The maximum Gasteiger partial charge on any atom is 0.262 e. The summed E-state index contributed by atoms with van der Waals surface area (Å²) in [5.74, 6) is 1.62. The highest BCUT2D eigenvalue weighted by molar-refractivity contribution is 5.56. The van der Waals surface area contributed by atoms with Crippen molar-refractivity contribution in [2.24, 2.45) is 5.73 Å². The summed E-state index contributed by atoms with van der Waals surface area (Å²) >= 11 is 0. The van der Waals surface area contributed by atoms with Gasteiger partial charge < -0.3 is 20.1 Å². The summed E-state index contributed by atoms with van der Waals surface area (Å²) in [6, 6.07) is 0. The van der Waals surface area contributed by atoms with Crippen LogP contribution in [0.1, 0.15) is 0 Å². The Labute approximate surface area is 89.0 Å². The smallest absolute Gasteiger partial charge is 0.262 e. The zero-order chi connectivity index (χ0) is 11.3. The highest BCUT2D eigenvalue weighted by Crippen LogP contribution is 2.32. The molecule has 0 fully saturated rings. The van der Waals surface area contributed by atoms with E-state index in [4.69, 9.17) is 15.2 Å². The third-order valence-corrected chi connectivity index (χ3v) is 1.98. The Morgan fingerprint density at radius 1 is 1.33 bits per heavy atom. The van der Waals surface area contributed by atoms with Crippen LogP contribution < -0.4 is 20.1 Å². The van der Waals surface area contributed by atoms with Crippen molar-refractivity contribution < 1.29 is 9.47 Å². The number of hydrogen-bond donors (Lipinski definition) is 1. The molecule has 0 radical (unpaired) electrons. The van der Waals surface area contributed by atoms with Gasteiger partial charge in [-0.2, -0.15) is 4.98 Å².